The average molecular weight is 297 g/mol. The van der Waals surface area contributed by atoms with Gasteiger partial charge in [-0.3, -0.25) is 9.48 Å². The van der Waals surface area contributed by atoms with Crippen molar-refractivity contribution in [3.63, 3.8) is 0 Å². The Hall–Kier alpha value is -1.13. The summed E-state index contributed by atoms with van der Waals surface area (Å²) < 4.78 is 1.96. The van der Waals surface area contributed by atoms with Crippen molar-refractivity contribution in [1.29, 1.82) is 0 Å². The number of thiophene rings is 1. The molecule has 0 radical (unpaired) electrons. The highest BCUT2D eigenvalue weighted by molar-refractivity contribution is 7.12. The molecule has 2 aromatic heterocycles. The van der Waals surface area contributed by atoms with E-state index in [-0.39, 0.29) is 5.78 Å². The summed E-state index contributed by atoms with van der Waals surface area (Å²) in [6.45, 7) is 4.29. The van der Waals surface area contributed by atoms with Gasteiger partial charge in [-0.1, -0.05) is 25.4 Å². The Morgan fingerprint density at radius 1 is 1.42 bits per heavy atom. The normalized spacial score (nSPS) is 11.2. The summed E-state index contributed by atoms with van der Waals surface area (Å²) in [6.07, 6.45) is 4.36. The number of rotatable bonds is 6. The lowest BCUT2D eigenvalue weighted by molar-refractivity contribution is 0.0995. The fourth-order valence-corrected chi connectivity index (χ4v) is 3.18. The van der Waals surface area contributed by atoms with Crippen molar-refractivity contribution >= 4 is 28.7 Å². The third-order valence-corrected chi connectivity index (χ3v) is 4.57. The minimum atomic E-state index is 0.0368. The zero-order valence-corrected chi connectivity index (χ0v) is 12.7. The molecule has 0 atom stereocenters. The minimum absolute atomic E-state index is 0.0368. The van der Waals surface area contributed by atoms with Crippen molar-refractivity contribution in [3.05, 3.63) is 39.3 Å². The fourth-order valence-electron chi connectivity index (χ4n) is 2.08. The number of hydrogen-bond donors (Lipinski definition) is 0. The van der Waals surface area contributed by atoms with Gasteiger partial charge in [-0.25, -0.2) is 0 Å². The Balaban J connectivity index is 2.08. The van der Waals surface area contributed by atoms with Crippen LogP contribution in [-0.2, 0) is 6.42 Å². The van der Waals surface area contributed by atoms with Gasteiger partial charge in [0.25, 0.3) is 0 Å². The number of carbonyl (C=O) groups excluding carboxylic acids is 1. The summed E-state index contributed by atoms with van der Waals surface area (Å²) in [5.74, 6) is 0.0368. The number of hydrogen-bond acceptors (Lipinski definition) is 3. The molecule has 5 heteroatoms. The summed E-state index contributed by atoms with van der Waals surface area (Å²) in [4.78, 5) is 12.7. The van der Waals surface area contributed by atoms with Crippen molar-refractivity contribution in [1.82, 2.24) is 9.78 Å². The van der Waals surface area contributed by atoms with E-state index >= 15 is 0 Å². The van der Waals surface area contributed by atoms with Gasteiger partial charge in [0.15, 0.2) is 5.78 Å². The van der Waals surface area contributed by atoms with E-state index in [0.29, 0.717) is 22.4 Å². The zero-order chi connectivity index (χ0) is 13.8. The predicted molar refractivity (Wildman–Crippen MR) is 79.2 cm³/mol. The standard InChI is InChI=1S/C14H17ClN2OS/c1-3-11(4-2)17-7-5-10(16-17)9-13(18)14-12(15)6-8-19-14/h5-8,11H,3-4,9H2,1-2H3. The zero-order valence-electron chi connectivity index (χ0n) is 11.1. The maximum atomic E-state index is 12.1. The van der Waals surface area contributed by atoms with Crippen LogP contribution in [0.4, 0.5) is 0 Å². The van der Waals surface area contributed by atoms with Gasteiger partial charge < -0.3 is 0 Å². The highest BCUT2D eigenvalue weighted by Crippen LogP contribution is 2.23. The summed E-state index contributed by atoms with van der Waals surface area (Å²) >= 11 is 7.35. The van der Waals surface area contributed by atoms with Gasteiger partial charge in [0.05, 0.1) is 28.1 Å². The van der Waals surface area contributed by atoms with Crippen molar-refractivity contribution in [2.24, 2.45) is 0 Å². The Bertz CT molecular complexity index is 557. The molecule has 0 aliphatic heterocycles. The van der Waals surface area contributed by atoms with E-state index in [1.165, 1.54) is 11.3 Å². The van der Waals surface area contributed by atoms with Gasteiger partial charge >= 0.3 is 0 Å². The van der Waals surface area contributed by atoms with Gasteiger partial charge in [0, 0.05) is 6.20 Å². The van der Waals surface area contributed by atoms with E-state index in [0.717, 1.165) is 18.5 Å². The topological polar surface area (TPSA) is 34.9 Å². The van der Waals surface area contributed by atoms with E-state index in [2.05, 4.69) is 18.9 Å². The molecule has 0 aromatic carbocycles. The summed E-state index contributed by atoms with van der Waals surface area (Å²) in [5, 5.41) is 6.86. The average Bonchev–Trinajstić information content (AvgIpc) is 3.00. The third-order valence-electron chi connectivity index (χ3n) is 3.19. The maximum absolute atomic E-state index is 12.1. The second-order valence-electron chi connectivity index (χ2n) is 4.46. The molecule has 102 valence electrons. The third kappa shape index (κ3) is 3.25. The number of Topliss-reactive ketones (excluding diaryl/α,β-unsaturated/α-hetero) is 1. The smallest absolute Gasteiger partial charge is 0.180 e. The van der Waals surface area contributed by atoms with E-state index in [9.17, 15) is 4.79 Å². The van der Waals surface area contributed by atoms with E-state index in [1.54, 1.807) is 6.07 Å². The second kappa shape index (κ2) is 6.35. The summed E-state index contributed by atoms with van der Waals surface area (Å²) in [7, 11) is 0. The fraction of sp³-hybridized carbons (Fsp3) is 0.429. The number of ketones is 1. The number of halogens is 1. The largest absolute Gasteiger partial charge is 0.293 e. The molecule has 2 rings (SSSR count). The van der Waals surface area contributed by atoms with Gasteiger partial charge in [0.1, 0.15) is 0 Å². The molecule has 2 aromatic rings. The first-order chi connectivity index (χ1) is 9.15. The first kappa shape index (κ1) is 14.3. The van der Waals surface area contributed by atoms with Gasteiger partial charge in [-0.15, -0.1) is 11.3 Å². The molecule has 19 heavy (non-hydrogen) atoms. The van der Waals surface area contributed by atoms with Gasteiger partial charge in [0.2, 0.25) is 0 Å². The van der Waals surface area contributed by atoms with Crippen LogP contribution in [0, 0.1) is 0 Å². The molecule has 0 saturated heterocycles. The number of nitrogens with zero attached hydrogens (tertiary/aromatic N) is 2. The van der Waals surface area contributed by atoms with Crippen LogP contribution in [0.15, 0.2) is 23.7 Å². The van der Waals surface area contributed by atoms with Crippen LogP contribution in [0.3, 0.4) is 0 Å². The van der Waals surface area contributed by atoms with Crippen LogP contribution in [0.2, 0.25) is 5.02 Å². The summed E-state index contributed by atoms with van der Waals surface area (Å²) in [5.41, 5.74) is 0.807. The maximum Gasteiger partial charge on any atom is 0.180 e. The van der Waals surface area contributed by atoms with Gasteiger partial charge in [-0.2, -0.15) is 5.10 Å². The van der Waals surface area contributed by atoms with Crippen molar-refractivity contribution < 1.29 is 4.79 Å². The lowest BCUT2D eigenvalue weighted by Gasteiger charge is -2.12. The number of carbonyl (C=O) groups is 1. The van der Waals surface area contributed by atoms with Crippen LogP contribution in [0.1, 0.15) is 48.1 Å². The molecule has 0 bridgehead atoms. The molecule has 0 aliphatic carbocycles. The molecule has 0 aliphatic rings. The molecule has 0 fully saturated rings. The SMILES string of the molecule is CCC(CC)n1ccc(CC(=O)c2sccc2Cl)n1. The Labute approximate surface area is 122 Å². The first-order valence-corrected chi connectivity index (χ1v) is 7.71. The monoisotopic (exact) mass is 296 g/mol. The lowest BCUT2D eigenvalue weighted by Crippen LogP contribution is -2.09. The molecule has 3 nitrogen and oxygen atoms in total. The van der Waals surface area contributed by atoms with Crippen LogP contribution >= 0.6 is 22.9 Å². The second-order valence-corrected chi connectivity index (χ2v) is 5.78. The molecule has 0 N–H and O–H groups in total. The first-order valence-electron chi connectivity index (χ1n) is 6.45. The minimum Gasteiger partial charge on any atom is -0.293 e. The highest BCUT2D eigenvalue weighted by Gasteiger charge is 2.15. The van der Waals surface area contributed by atoms with Gasteiger partial charge in [-0.05, 0) is 30.4 Å². The van der Waals surface area contributed by atoms with E-state index in [1.807, 2.05) is 22.3 Å². The van der Waals surface area contributed by atoms with Crippen LogP contribution in [-0.4, -0.2) is 15.6 Å². The Morgan fingerprint density at radius 3 is 2.74 bits per heavy atom. The molecular formula is C14H17ClN2OS. The Morgan fingerprint density at radius 2 is 2.16 bits per heavy atom. The van der Waals surface area contributed by atoms with Crippen molar-refractivity contribution in [2.75, 3.05) is 0 Å². The quantitative estimate of drug-likeness (QED) is 0.741. The molecular weight excluding hydrogens is 280 g/mol. The molecule has 2 heterocycles. The molecule has 0 spiro atoms. The predicted octanol–water partition coefficient (Wildman–Crippen LogP) is 4.38. The van der Waals surface area contributed by atoms with Crippen molar-refractivity contribution in [2.45, 2.75) is 39.2 Å². The number of aromatic nitrogens is 2. The van der Waals surface area contributed by atoms with E-state index < -0.39 is 0 Å². The summed E-state index contributed by atoms with van der Waals surface area (Å²) in [6, 6.07) is 4.08. The van der Waals surface area contributed by atoms with E-state index in [4.69, 9.17) is 11.6 Å². The van der Waals surface area contributed by atoms with Crippen molar-refractivity contribution in [3.8, 4) is 0 Å². The highest BCUT2D eigenvalue weighted by atomic mass is 35.5. The molecule has 0 amide bonds. The van der Waals surface area contributed by atoms with Crippen LogP contribution in [0.5, 0.6) is 0 Å². The van der Waals surface area contributed by atoms with Crippen LogP contribution in [0.25, 0.3) is 0 Å². The molecule has 0 saturated carbocycles. The lowest BCUT2D eigenvalue weighted by atomic mass is 10.2. The van der Waals surface area contributed by atoms with Crippen LogP contribution < -0.4 is 0 Å². The molecule has 0 unspecified atom stereocenters. The Kier molecular flexibility index (Phi) is 4.77.